The van der Waals surface area contributed by atoms with Crippen LogP contribution in [0.4, 0.5) is 5.69 Å². The summed E-state index contributed by atoms with van der Waals surface area (Å²) < 4.78 is 5.25. The molecule has 0 bridgehead atoms. The van der Waals surface area contributed by atoms with Crippen LogP contribution in [0.15, 0.2) is 48.6 Å². The highest BCUT2D eigenvalue weighted by Crippen LogP contribution is 2.51. The first-order chi connectivity index (χ1) is 12.6. The molecule has 0 aromatic heterocycles. The first kappa shape index (κ1) is 17.4. The quantitative estimate of drug-likeness (QED) is 0.518. The fraction of sp³-hybridized carbons (Fsp3) is 0.286. The van der Waals surface area contributed by atoms with Crippen molar-refractivity contribution in [1.29, 1.82) is 0 Å². The summed E-state index contributed by atoms with van der Waals surface area (Å²) in [5.41, 5.74) is 3.65. The molecule has 0 unspecified atom stereocenters. The zero-order valence-electron chi connectivity index (χ0n) is 14.3. The molecule has 4 rings (SSSR count). The number of anilines is 1. The van der Waals surface area contributed by atoms with Gasteiger partial charge in [-0.2, -0.15) is 0 Å². The van der Waals surface area contributed by atoms with Gasteiger partial charge in [0.15, 0.2) is 0 Å². The van der Waals surface area contributed by atoms with E-state index in [2.05, 4.69) is 23.5 Å². The first-order valence-corrected chi connectivity index (χ1v) is 9.54. The Bertz CT molecular complexity index is 894. The number of allylic oxidation sites excluding steroid dienone is 2. The highest BCUT2D eigenvalue weighted by Gasteiger charge is 2.39. The second-order valence-electron chi connectivity index (χ2n) is 6.64. The van der Waals surface area contributed by atoms with Gasteiger partial charge < -0.3 is 10.1 Å². The minimum Gasteiger partial charge on any atom is -0.462 e. The lowest BCUT2D eigenvalue weighted by Gasteiger charge is -2.38. The molecule has 0 amide bonds. The number of ether oxygens (including phenoxy) is 1. The number of rotatable bonds is 3. The van der Waals surface area contributed by atoms with E-state index >= 15 is 0 Å². The second-order valence-corrected chi connectivity index (χ2v) is 7.45. The maximum Gasteiger partial charge on any atom is 0.340 e. The normalized spacial score (nSPS) is 23.1. The zero-order chi connectivity index (χ0) is 18.3. The van der Waals surface area contributed by atoms with Gasteiger partial charge in [-0.15, -0.1) is 0 Å². The third kappa shape index (κ3) is 2.89. The summed E-state index contributed by atoms with van der Waals surface area (Å²) in [6.07, 6.45) is 5.43. The molecule has 0 saturated heterocycles. The van der Waals surface area contributed by atoms with Crippen LogP contribution in [0.2, 0.25) is 10.0 Å². The molecule has 134 valence electrons. The van der Waals surface area contributed by atoms with Gasteiger partial charge in [0.05, 0.1) is 33.9 Å². The van der Waals surface area contributed by atoms with E-state index in [-0.39, 0.29) is 17.9 Å². The lowest BCUT2D eigenvalue weighted by atomic mass is 9.76. The predicted molar refractivity (Wildman–Crippen MR) is 105 cm³/mol. The van der Waals surface area contributed by atoms with Gasteiger partial charge in [-0.3, -0.25) is 0 Å². The third-order valence-electron chi connectivity index (χ3n) is 5.19. The van der Waals surface area contributed by atoms with Gasteiger partial charge in [0.2, 0.25) is 0 Å². The Morgan fingerprint density at radius 1 is 1.23 bits per heavy atom. The smallest absolute Gasteiger partial charge is 0.340 e. The number of fused-ring (bicyclic) bond motifs is 3. The van der Waals surface area contributed by atoms with Crippen molar-refractivity contribution in [2.75, 3.05) is 11.9 Å². The standard InChI is InChI=1S/C21H19Cl2NO2/c1-2-26-21(25)16-8-4-7-15-13-5-3-6-14(13)19(24-20(15)16)12-9-10-17(22)18(23)11-12/h3-5,7-11,13-14,19,24H,2,6H2,1H3/t13-,14-,19-/m0/s1. The van der Waals surface area contributed by atoms with Crippen LogP contribution in [-0.2, 0) is 4.74 Å². The molecule has 1 aliphatic carbocycles. The molecule has 26 heavy (non-hydrogen) atoms. The summed E-state index contributed by atoms with van der Waals surface area (Å²) in [7, 11) is 0. The molecule has 1 N–H and O–H groups in total. The number of para-hydroxylation sites is 1. The fourth-order valence-corrected chi connectivity index (χ4v) is 4.34. The van der Waals surface area contributed by atoms with E-state index in [4.69, 9.17) is 27.9 Å². The van der Waals surface area contributed by atoms with Crippen LogP contribution in [0.1, 0.15) is 46.8 Å². The zero-order valence-corrected chi connectivity index (χ0v) is 15.8. The molecule has 1 aliphatic heterocycles. The monoisotopic (exact) mass is 387 g/mol. The fourth-order valence-electron chi connectivity index (χ4n) is 4.04. The van der Waals surface area contributed by atoms with E-state index in [0.717, 1.165) is 23.2 Å². The molecule has 0 saturated carbocycles. The van der Waals surface area contributed by atoms with E-state index in [1.165, 1.54) is 0 Å². The summed E-state index contributed by atoms with van der Waals surface area (Å²) in [6.45, 7) is 2.17. The second kappa shape index (κ2) is 6.98. The molecule has 0 radical (unpaired) electrons. The van der Waals surface area contributed by atoms with Gasteiger partial charge in [-0.25, -0.2) is 4.79 Å². The average Bonchev–Trinajstić information content (AvgIpc) is 3.13. The number of esters is 1. The number of nitrogens with one attached hydrogen (secondary N) is 1. The molecule has 2 aliphatic rings. The minimum absolute atomic E-state index is 0.0489. The van der Waals surface area contributed by atoms with E-state index in [0.29, 0.717) is 28.1 Å². The van der Waals surface area contributed by atoms with Crippen LogP contribution in [0, 0.1) is 5.92 Å². The Kier molecular flexibility index (Phi) is 4.68. The topological polar surface area (TPSA) is 38.3 Å². The molecule has 3 atom stereocenters. The number of benzene rings is 2. The van der Waals surface area contributed by atoms with Gasteiger partial charge >= 0.3 is 5.97 Å². The Hall–Kier alpha value is -1.97. The van der Waals surface area contributed by atoms with Crippen molar-refractivity contribution in [2.45, 2.75) is 25.3 Å². The summed E-state index contributed by atoms with van der Waals surface area (Å²) in [5, 5.41) is 4.68. The molecule has 0 spiro atoms. The van der Waals surface area contributed by atoms with Gasteiger partial charge in [-0.05, 0) is 48.6 Å². The highest BCUT2D eigenvalue weighted by atomic mass is 35.5. The van der Waals surface area contributed by atoms with Crippen molar-refractivity contribution in [3.63, 3.8) is 0 Å². The van der Waals surface area contributed by atoms with E-state index < -0.39 is 0 Å². The van der Waals surface area contributed by atoms with Gasteiger partial charge in [-0.1, -0.05) is 53.6 Å². The minimum atomic E-state index is -0.301. The number of halogens is 2. The SMILES string of the molecule is CCOC(=O)c1cccc2c1N[C@@H](c1ccc(Cl)c(Cl)c1)[C@H]1CC=C[C@H]21. The number of hydrogen-bond donors (Lipinski definition) is 1. The number of carbonyl (C=O) groups is 1. The number of hydrogen-bond acceptors (Lipinski definition) is 3. The summed E-state index contributed by atoms with van der Waals surface area (Å²) in [6, 6.07) is 11.6. The van der Waals surface area contributed by atoms with E-state index in [1.54, 1.807) is 0 Å². The lowest BCUT2D eigenvalue weighted by molar-refractivity contribution is 0.0527. The Labute approximate surface area is 163 Å². The molecule has 5 heteroatoms. The summed E-state index contributed by atoms with van der Waals surface area (Å²) in [4.78, 5) is 12.4. The van der Waals surface area contributed by atoms with Crippen LogP contribution in [-0.4, -0.2) is 12.6 Å². The van der Waals surface area contributed by atoms with Crippen molar-refractivity contribution < 1.29 is 9.53 Å². The molecular weight excluding hydrogens is 369 g/mol. The van der Waals surface area contributed by atoms with E-state index in [9.17, 15) is 4.79 Å². The highest BCUT2D eigenvalue weighted by molar-refractivity contribution is 6.42. The molecule has 2 aromatic carbocycles. The van der Waals surface area contributed by atoms with Crippen molar-refractivity contribution in [3.8, 4) is 0 Å². The summed E-state index contributed by atoms with van der Waals surface area (Å²) >= 11 is 12.3. The van der Waals surface area contributed by atoms with Crippen molar-refractivity contribution in [2.24, 2.45) is 5.92 Å². The molecular formula is C21H19Cl2NO2. The maximum absolute atomic E-state index is 12.4. The van der Waals surface area contributed by atoms with Crippen LogP contribution in [0.3, 0.4) is 0 Å². The average molecular weight is 388 g/mol. The van der Waals surface area contributed by atoms with E-state index in [1.807, 2.05) is 37.3 Å². The van der Waals surface area contributed by atoms with Crippen molar-refractivity contribution in [3.05, 3.63) is 75.3 Å². The predicted octanol–water partition coefficient (Wildman–Crippen LogP) is 6.00. The van der Waals surface area contributed by atoms with Crippen LogP contribution in [0.5, 0.6) is 0 Å². The van der Waals surface area contributed by atoms with Crippen LogP contribution < -0.4 is 5.32 Å². The maximum atomic E-state index is 12.4. The Morgan fingerprint density at radius 3 is 2.85 bits per heavy atom. The molecule has 2 aromatic rings. The Morgan fingerprint density at radius 2 is 2.08 bits per heavy atom. The first-order valence-electron chi connectivity index (χ1n) is 8.78. The van der Waals surface area contributed by atoms with Crippen LogP contribution >= 0.6 is 23.2 Å². The Balaban J connectivity index is 1.80. The van der Waals surface area contributed by atoms with Gasteiger partial charge in [0, 0.05) is 5.92 Å². The summed E-state index contributed by atoms with van der Waals surface area (Å²) in [5.74, 6) is 0.336. The van der Waals surface area contributed by atoms with Gasteiger partial charge in [0.1, 0.15) is 0 Å². The molecule has 0 fully saturated rings. The lowest BCUT2D eigenvalue weighted by Crippen LogP contribution is -2.30. The van der Waals surface area contributed by atoms with Crippen LogP contribution in [0.25, 0.3) is 0 Å². The molecule has 3 nitrogen and oxygen atoms in total. The van der Waals surface area contributed by atoms with Crippen molar-refractivity contribution in [1.82, 2.24) is 0 Å². The number of carbonyl (C=O) groups excluding carboxylic acids is 1. The third-order valence-corrected chi connectivity index (χ3v) is 5.93. The van der Waals surface area contributed by atoms with Gasteiger partial charge in [0.25, 0.3) is 0 Å². The largest absolute Gasteiger partial charge is 0.462 e. The van der Waals surface area contributed by atoms with Crippen molar-refractivity contribution >= 4 is 34.9 Å². The molecule has 1 heterocycles.